The van der Waals surface area contributed by atoms with Crippen LogP contribution in [0.15, 0.2) is 17.5 Å². The molecule has 1 aromatic heterocycles. The third-order valence-electron chi connectivity index (χ3n) is 4.42. The van der Waals surface area contributed by atoms with Gasteiger partial charge in [0.15, 0.2) is 0 Å². The quantitative estimate of drug-likeness (QED) is 0.871. The molecule has 3 rings (SSSR count). The molecule has 0 saturated carbocycles. The molecule has 0 radical (unpaired) electrons. The molecule has 0 aromatic carbocycles. The molecule has 2 saturated heterocycles. The van der Waals surface area contributed by atoms with Crippen LogP contribution in [0.4, 0.5) is 0 Å². The monoisotopic (exact) mass is 294 g/mol. The van der Waals surface area contributed by atoms with Crippen molar-refractivity contribution in [2.75, 3.05) is 20.3 Å². The molecular weight excluding hydrogens is 272 g/mol. The van der Waals surface area contributed by atoms with Gasteiger partial charge in [-0.3, -0.25) is 4.79 Å². The zero-order valence-corrected chi connectivity index (χ0v) is 12.7. The number of carbonyl (C=O) groups is 1. The summed E-state index contributed by atoms with van der Waals surface area (Å²) < 4.78 is 5.16. The highest BCUT2D eigenvalue weighted by Gasteiger charge is 2.44. The number of hydrogen-bond donors (Lipinski definition) is 1. The van der Waals surface area contributed by atoms with Gasteiger partial charge in [-0.15, -0.1) is 11.3 Å². The molecule has 0 spiro atoms. The Labute approximate surface area is 124 Å². The Morgan fingerprint density at radius 1 is 1.55 bits per heavy atom. The summed E-state index contributed by atoms with van der Waals surface area (Å²) in [5.74, 6) is 0.473. The minimum Gasteiger partial charge on any atom is -0.383 e. The predicted molar refractivity (Wildman–Crippen MR) is 79.7 cm³/mol. The summed E-state index contributed by atoms with van der Waals surface area (Å²) in [6.45, 7) is 2.00. The summed E-state index contributed by atoms with van der Waals surface area (Å²) >= 11 is 1.71. The summed E-state index contributed by atoms with van der Waals surface area (Å²) in [6.07, 6.45) is 3.40. The normalized spacial score (nSPS) is 27.9. The Morgan fingerprint density at radius 3 is 3.05 bits per heavy atom. The van der Waals surface area contributed by atoms with E-state index in [0.29, 0.717) is 37.7 Å². The highest BCUT2D eigenvalue weighted by atomic mass is 32.1. The zero-order valence-electron chi connectivity index (χ0n) is 11.9. The van der Waals surface area contributed by atoms with E-state index < -0.39 is 0 Å². The van der Waals surface area contributed by atoms with Crippen LogP contribution in [0.1, 0.15) is 24.1 Å². The number of methoxy groups -OCH3 is 1. The molecule has 0 aliphatic carbocycles. The van der Waals surface area contributed by atoms with E-state index in [1.165, 1.54) is 11.3 Å². The van der Waals surface area contributed by atoms with E-state index in [0.717, 1.165) is 12.8 Å². The van der Waals surface area contributed by atoms with Gasteiger partial charge in [-0.05, 0) is 30.7 Å². The maximum atomic E-state index is 12.8. The van der Waals surface area contributed by atoms with E-state index >= 15 is 0 Å². The molecule has 2 bridgehead atoms. The van der Waals surface area contributed by atoms with Crippen molar-refractivity contribution in [3.63, 3.8) is 0 Å². The van der Waals surface area contributed by atoms with Crippen molar-refractivity contribution in [1.29, 1.82) is 0 Å². The fraction of sp³-hybridized carbons (Fsp3) is 0.667. The molecule has 4 nitrogen and oxygen atoms in total. The Morgan fingerprint density at radius 2 is 2.45 bits per heavy atom. The molecule has 1 amide bonds. The van der Waals surface area contributed by atoms with Crippen LogP contribution in [0.25, 0.3) is 0 Å². The number of nitrogens with one attached hydrogen (secondary N) is 1. The predicted octanol–water partition coefficient (Wildman–Crippen LogP) is 1.86. The minimum atomic E-state index is 0.172. The Kier molecular flexibility index (Phi) is 4.38. The molecule has 1 N–H and O–H groups in total. The molecule has 5 heteroatoms. The van der Waals surface area contributed by atoms with Gasteiger partial charge < -0.3 is 15.0 Å². The van der Waals surface area contributed by atoms with Gasteiger partial charge in [0.25, 0.3) is 0 Å². The van der Waals surface area contributed by atoms with Crippen LogP contribution in [-0.4, -0.2) is 43.2 Å². The van der Waals surface area contributed by atoms with Gasteiger partial charge in [0.1, 0.15) is 0 Å². The first kappa shape index (κ1) is 14.0. The highest BCUT2D eigenvalue weighted by molar-refractivity contribution is 7.09. The number of fused-ring (bicyclic) bond motifs is 2. The SMILES string of the molecule is COCCN(Cc1cccs1)C(=O)C1CC2CCC1N2. The van der Waals surface area contributed by atoms with Crippen molar-refractivity contribution in [1.82, 2.24) is 10.2 Å². The van der Waals surface area contributed by atoms with Crippen molar-refractivity contribution < 1.29 is 9.53 Å². The maximum Gasteiger partial charge on any atom is 0.227 e. The van der Waals surface area contributed by atoms with Gasteiger partial charge in [0.2, 0.25) is 5.91 Å². The average molecular weight is 294 g/mol. The third-order valence-corrected chi connectivity index (χ3v) is 5.28. The largest absolute Gasteiger partial charge is 0.383 e. The van der Waals surface area contributed by atoms with Crippen LogP contribution >= 0.6 is 11.3 Å². The fourth-order valence-corrected chi connectivity index (χ4v) is 4.11. The first-order chi connectivity index (χ1) is 9.78. The Bertz CT molecular complexity index is 449. The van der Waals surface area contributed by atoms with E-state index in [2.05, 4.69) is 16.8 Å². The van der Waals surface area contributed by atoms with E-state index in [4.69, 9.17) is 4.74 Å². The molecule has 3 unspecified atom stereocenters. The van der Waals surface area contributed by atoms with Gasteiger partial charge in [-0.1, -0.05) is 6.07 Å². The van der Waals surface area contributed by atoms with Gasteiger partial charge >= 0.3 is 0 Å². The van der Waals surface area contributed by atoms with Gasteiger partial charge in [0.05, 0.1) is 19.1 Å². The van der Waals surface area contributed by atoms with Crippen molar-refractivity contribution in [2.24, 2.45) is 5.92 Å². The second kappa shape index (κ2) is 6.24. The Balaban J connectivity index is 1.66. The van der Waals surface area contributed by atoms with Crippen LogP contribution in [0, 0.1) is 5.92 Å². The molecule has 2 fully saturated rings. The van der Waals surface area contributed by atoms with E-state index in [-0.39, 0.29) is 5.92 Å². The number of nitrogens with zero attached hydrogens (tertiary/aromatic N) is 1. The number of carbonyl (C=O) groups excluding carboxylic acids is 1. The second-order valence-electron chi connectivity index (χ2n) is 5.72. The van der Waals surface area contributed by atoms with Gasteiger partial charge in [-0.2, -0.15) is 0 Å². The topological polar surface area (TPSA) is 41.6 Å². The summed E-state index contributed by atoms with van der Waals surface area (Å²) in [4.78, 5) is 16.0. The molecule has 1 aromatic rings. The lowest BCUT2D eigenvalue weighted by molar-refractivity contribution is -0.137. The summed E-state index contributed by atoms with van der Waals surface area (Å²) in [7, 11) is 1.69. The second-order valence-corrected chi connectivity index (χ2v) is 6.75. The van der Waals surface area contributed by atoms with Gasteiger partial charge in [0, 0.05) is 30.6 Å². The Hall–Kier alpha value is -0.910. The molecule has 20 heavy (non-hydrogen) atoms. The lowest BCUT2D eigenvalue weighted by Crippen LogP contribution is -2.41. The standard InChI is InChI=1S/C15H22N2O2S/c1-19-7-6-17(10-12-3-2-8-20-12)15(18)13-9-11-4-5-14(13)16-11/h2-3,8,11,13-14,16H,4-7,9-10H2,1H3. The van der Waals surface area contributed by atoms with Gasteiger partial charge in [-0.25, -0.2) is 0 Å². The molecule has 2 aliphatic heterocycles. The number of rotatable bonds is 6. The van der Waals surface area contributed by atoms with Crippen LogP contribution in [-0.2, 0) is 16.1 Å². The third kappa shape index (κ3) is 2.90. The fourth-order valence-electron chi connectivity index (χ4n) is 3.39. The highest BCUT2D eigenvalue weighted by Crippen LogP contribution is 2.34. The van der Waals surface area contributed by atoms with E-state index in [1.54, 1.807) is 18.4 Å². The van der Waals surface area contributed by atoms with Crippen molar-refractivity contribution >= 4 is 17.2 Å². The van der Waals surface area contributed by atoms with Crippen molar-refractivity contribution in [3.8, 4) is 0 Å². The summed E-state index contributed by atoms with van der Waals surface area (Å²) in [5, 5.41) is 5.62. The lowest BCUT2D eigenvalue weighted by atomic mass is 9.88. The van der Waals surface area contributed by atoms with E-state index in [1.807, 2.05) is 11.0 Å². The number of ether oxygens (including phenoxy) is 1. The molecule has 110 valence electrons. The van der Waals surface area contributed by atoms with Crippen LogP contribution in [0.5, 0.6) is 0 Å². The molecule has 2 aliphatic rings. The number of hydrogen-bond acceptors (Lipinski definition) is 4. The smallest absolute Gasteiger partial charge is 0.227 e. The van der Waals surface area contributed by atoms with Crippen LogP contribution < -0.4 is 5.32 Å². The maximum absolute atomic E-state index is 12.8. The number of amides is 1. The summed E-state index contributed by atoms with van der Waals surface area (Å²) in [5.41, 5.74) is 0. The van der Waals surface area contributed by atoms with Crippen LogP contribution in [0.3, 0.4) is 0 Å². The first-order valence-corrected chi connectivity index (χ1v) is 8.22. The lowest BCUT2D eigenvalue weighted by Gasteiger charge is -2.28. The van der Waals surface area contributed by atoms with E-state index in [9.17, 15) is 4.79 Å². The summed E-state index contributed by atoms with van der Waals surface area (Å²) in [6, 6.07) is 5.11. The number of thiophene rings is 1. The van der Waals surface area contributed by atoms with Crippen LogP contribution in [0.2, 0.25) is 0 Å². The van der Waals surface area contributed by atoms with Crippen molar-refractivity contribution in [3.05, 3.63) is 22.4 Å². The molecular formula is C15H22N2O2S. The zero-order chi connectivity index (χ0) is 13.9. The minimum absolute atomic E-state index is 0.172. The van der Waals surface area contributed by atoms with Crippen molar-refractivity contribution in [2.45, 2.75) is 37.9 Å². The average Bonchev–Trinajstić information content (AvgIpc) is 3.19. The molecule has 3 atom stereocenters. The molecule has 3 heterocycles. The first-order valence-electron chi connectivity index (χ1n) is 7.34.